The van der Waals surface area contributed by atoms with Crippen molar-refractivity contribution in [2.45, 2.75) is 78.3 Å². The summed E-state index contributed by atoms with van der Waals surface area (Å²) in [6.07, 6.45) is 5.47. The summed E-state index contributed by atoms with van der Waals surface area (Å²) in [5, 5.41) is 3.38. The van der Waals surface area contributed by atoms with E-state index in [0.717, 1.165) is 32.4 Å². The van der Waals surface area contributed by atoms with Crippen molar-refractivity contribution in [3.8, 4) is 0 Å². The third-order valence-electron chi connectivity index (χ3n) is 3.69. The van der Waals surface area contributed by atoms with Gasteiger partial charge in [-0.05, 0) is 73.5 Å². The fraction of sp³-hybridized carbons (Fsp3) is 0.941. The number of rotatable bonds is 12. The lowest BCUT2D eigenvalue weighted by molar-refractivity contribution is -0.151. The predicted molar refractivity (Wildman–Crippen MR) is 89.6 cm³/mol. The van der Waals surface area contributed by atoms with Gasteiger partial charge in [-0.25, -0.2) is 0 Å². The molecule has 0 saturated heterocycles. The molecule has 0 bridgehead atoms. The summed E-state index contributed by atoms with van der Waals surface area (Å²) in [5.41, 5.74) is -0.563. The molecule has 0 spiro atoms. The zero-order valence-electron chi connectivity index (χ0n) is 15.0. The summed E-state index contributed by atoms with van der Waals surface area (Å²) in [5.74, 6) is -0.127. The van der Waals surface area contributed by atoms with Gasteiger partial charge in [0.25, 0.3) is 0 Å². The van der Waals surface area contributed by atoms with Crippen LogP contribution >= 0.6 is 0 Å². The Morgan fingerprint density at radius 3 is 2.33 bits per heavy atom. The molecule has 1 atom stereocenters. The maximum atomic E-state index is 12.2. The van der Waals surface area contributed by atoms with Crippen LogP contribution in [-0.2, 0) is 9.53 Å². The zero-order valence-corrected chi connectivity index (χ0v) is 15.0. The van der Waals surface area contributed by atoms with E-state index in [1.807, 2.05) is 13.8 Å². The molecule has 1 N–H and O–H groups in total. The highest BCUT2D eigenvalue weighted by Gasteiger charge is 2.34. The van der Waals surface area contributed by atoms with Crippen molar-refractivity contribution in [1.29, 1.82) is 0 Å². The normalized spacial score (nSPS) is 14.5. The molecule has 0 heterocycles. The van der Waals surface area contributed by atoms with Crippen LogP contribution in [0.1, 0.15) is 66.7 Å². The highest BCUT2D eigenvalue weighted by molar-refractivity contribution is 5.80. The molecular weight excluding hydrogens is 264 g/mol. The molecule has 0 aliphatic carbocycles. The first kappa shape index (κ1) is 20.4. The Hall–Kier alpha value is -0.610. The molecule has 0 radical (unpaired) electrons. The number of nitrogens with one attached hydrogen (secondary N) is 1. The van der Waals surface area contributed by atoms with Gasteiger partial charge in [-0.2, -0.15) is 0 Å². The highest BCUT2D eigenvalue weighted by Crippen LogP contribution is 2.17. The zero-order chi connectivity index (χ0) is 16.3. The average molecular weight is 300 g/mol. The van der Waals surface area contributed by atoms with Gasteiger partial charge in [0.15, 0.2) is 0 Å². The van der Waals surface area contributed by atoms with E-state index >= 15 is 0 Å². The molecule has 21 heavy (non-hydrogen) atoms. The number of ether oxygens (including phenoxy) is 1. The van der Waals surface area contributed by atoms with Gasteiger partial charge in [0, 0.05) is 6.04 Å². The molecule has 0 saturated carbocycles. The Morgan fingerprint density at radius 1 is 1.19 bits per heavy atom. The van der Waals surface area contributed by atoms with Crippen molar-refractivity contribution >= 4 is 5.97 Å². The van der Waals surface area contributed by atoms with Crippen LogP contribution in [-0.4, -0.2) is 49.2 Å². The monoisotopic (exact) mass is 300 g/mol. The summed E-state index contributed by atoms with van der Waals surface area (Å²) < 4.78 is 5.23. The second kappa shape index (κ2) is 11.0. The highest BCUT2D eigenvalue weighted by atomic mass is 16.5. The average Bonchev–Trinajstić information content (AvgIpc) is 2.40. The first-order valence-corrected chi connectivity index (χ1v) is 8.49. The third-order valence-corrected chi connectivity index (χ3v) is 3.69. The Labute approximate surface area is 131 Å². The molecule has 0 aromatic heterocycles. The van der Waals surface area contributed by atoms with Gasteiger partial charge in [-0.1, -0.05) is 13.3 Å². The molecule has 0 amide bonds. The van der Waals surface area contributed by atoms with Crippen LogP contribution in [0.5, 0.6) is 0 Å². The van der Waals surface area contributed by atoms with Crippen LogP contribution in [0.25, 0.3) is 0 Å². The van der Waals surface area contributed by atoms with E-state index in [9.17, 15) is 4.79 Å². The molecule has 126 valence electrons. The number of carbonyl (C=O) groups excluding carboxylic acids is 1. The van der Waals surface area contributed by atoms with Gasteiger partial charge < -0.3 is 9.64 Å². The lowest BCUT2D eigenvalue weighted by atomic mass is 9.93. The summed E-state index contributed by atoms with van der Waals surface area (Å²) >= 11 is 0. The molecule has 0 aromatic rings. The van der Waals surface area contributed by atoms with E-state index in [1.54, 1.807) is 0 Å². The van der Waals surface area contributed by atoms with Gasteiger partial charge in [0.05, 0.1) is 6.61 Å². The van der Waals surface area contributed by atoms with Gasteiger partial charge >= 0.3 is 5.97 Å². The number of nitrogens with zero attached hydrogens (tertiary/aromatic N) is 1. The van der Waals surface area contributed by atoms with E-state index in [2.05, 4.69) is 38.0 Å². The number of esters is 1. The first-order chi connectivity index (χ1) is 9.85. The number of carbonyl (C=O) groups is 1. The minimum atomic E-state index is -0.563. The van der Waals surface area contributed by atoms with Crippen molar-refractivity contribution in [3.63, 3.8) is 0 Å². The standard InChI is InChI=1S/C17H36N2O2/c1-7-9-13-19(6)14-11-10-12-17(5,18-15(3)4)16(20)21-8-2/h15,18H,7-14H2,1-6H3. The van der Waals surface area contributed by atoms with Crippen molar-refractivity contribution in [1.82, 2.24) is 10.2 Å². The SMILES string of the molecule is CCCCN(C)CCCCC(C)(NC(C)C)C(=O)OCC. The second-order valence-electron chi connectivity index (χ2n) is 6.47. The number of hydrogen-bond acceptors (Lipinski definition) is 4. The second-order valence-corrected chi connectivity index (χ2v) is 6.47. The molecule has 4 heteroatoms. The molecule has 0 aliphatic rings. The largest absolute Gasteiger partial charge is 0.465 e. The summed E-state index contributed by atoms with van der Waals surface area (Å²) in [6.45, 7) is 12.9. The van der Waals surface area contributed by atoms with E-state index in [4.69, 9.17) is 4.74 Å². The minimum absolute atomic E-state index is 0.127. The fourth-order valence-corrected chi connectivity index (χ4v) is 2.56. The lowest BCUT2D eigenvalue weighted by Crippen LogP contribution is -2.53. The van der Waals surface area contributed by atoms with Gasteiger partial charge in [0.1, 0.15) is 5.54 Å². The Kier molecular flexibility index (Phi) is 10.7. The molecular formula is C17H36N2O2. The van der Waals surface area contributed by atoms with Gasteiger partial charge in [0.2, 0.25) is 0 Å². The third kappa shape index (κ3) is 9.10. The summed E-state index contributed by atoms with van der Waals surface area (Å²) in [6, 6.07) is 0.270. The molecule has 0 fully saturated rings. The number of hydrogen-bond donors (Lipinski definition) is 1. The molecule has 0 rings (SSSR count). The minimum Gasteiger partial charge on any atom is -0.465 e. The van der Waals surface area contributed by atoms with E-state index in [-0.39, 0.29) is 12.0 Å². The van der Waals surface area contributed by atoms with Crippen LogP contribution in [0, 0.1) is 0 Å². The summed E-state index contributed by atoms with van der Waals surface area (Å²) in [7, 11) is 2.17. The van der Waals surface area contributed by atoms with Crippen molar-refractivity contribution < 1.29 is 9.53 Å². The van der Waals surface area contributed by atoms with E-state index < -0.39 is 5.54 Å². The molecule has 1 unspecified atom stereocenters. The van der Waals surface area contributed by atoms with Gasteiger partial charge in [-0.3, -0.25) is 10.1 Å². The number of unbranched alkanes of at least 4 members (excludes halogenated alkanes) is 2. The quantitative estimate of drug-likeness (QED) is 0.444. The Morgan fingerprint density at radius 2 is 1.81 bits per heavy atom. The lowest BCUT2D eigenvalue weighted by Gasteiger charge is -2.31. The topological polar surface area (TPSA) is 41.6 Å². The van der Waals surface area contributed by atoms with E-state index in [0.29, 0.717) is 6.61 Å². The fourth-order valence-electron chi connectivity index (χ4n) is 2.56. The Balaban J connectivity index is 4.21. The first-order valence-electron chi connectivity index (χ1n) is 8.49. The molecule has 0 aliphatic heterocycles. The Bertz CT molecular complexity index is 282. The smallest absolute Gasteiger partial charge is 0.326 e. The maximum Gasteiger partial charge on any atom is 0.326 e. The van der Waals surface area contributed by atoms with Crippen molar-refractivity contribution in [2.24, 2.45) is 0 Å². The van der Waals surface area contributed by atoms with Crippen LogP contribution in [0.15, 0.2) is 0 Å². The van der Waals surface area contributed by atoms with Crippen LogP contribution in [0.3, 0.4) is 0 Å². The van der Waals surface area contributed by atoms with Crippen molar-refractivity contribution in [2.75, 3.05) is 26.7 Å². The van der Waals surface area contributed by atoms with E-state index in [1.165, 1.54) is 12.8 Å². The maximum absolute atomic E-state index is 12.2. The predicted octanol–water partition coefficient (Wildman–Crippen LogP) is 3.21. The molecule has 4 nitrogen and oxygen atoms in total. The molecule has 0 aromatic carbocycles. The summed E-state index contributed by atoms with van der Waals surface area (Å²) in [4.78, 5) is 14.6. The van der Waals surface area contributed by atoms with Crippen LogP contribution in [0.2, 0.25) is 0 Å². The van der Waals surface area contributed by atoms with Gasteiger partial charge in [-0.15, -0.1) is 0 Å². The van der Waals surface area contributed by atoms with Crippen LogP contribution < -0.4 is 5.32 Å². The van der Waals surface area contributed by atoms with Crippen LogP contribution in [0.4, 0.5) is 0 Å². The van der Waals surface area contributed by atoms with Crippen molar-refractivity contribution in [3.05, 3.63) is 0 Å².